The van der Waals surface area contributed by atoms with E-state index >= 15 is 0 Å². The van der Waals surface area contributed by atoms with Crippen LogP contribution in [0.3, 0.4) is 0 Å². The standard InChI is InChI=1S/C20H24N4O3/c25-18(21-14-17-6-2-1-3-7-17)15-22-10-12-23(13-11-22)20(27)16-24-9-5-4-8-19(24)26/h1-9H,10-16H2,(H,21,25). The lowest BCUT2D eigenvalue weighted by molar-refractivity contribution is -0.134. The van der Waals surface area contributed by atoms with Crippen LogP contribution in [0.25, 0.3) is 0 Å². The zero-order chi connectivity index (χ0) is 19.1. The van der Waals surface area contributed by atoms with Crippen LogP contribution in [0.2, 0.25) is 0 Å². The number of hydrogen-bond acceptors (Lipinski definition) is 4. The molecule has 0 spiro atoms. The number of benzene rings is 1. The van der Waals surface area contributed by atoms with Gasteiger partial charge in [0.2, 0.25) is 11.8 Å². The Morgan fingerprint density at radius 3 is 2.30 bits per heavy atom. The van der Waals surface area contributed by atoms with Gasteiger partial charge in [0.05, 0.1) is 6.54 Å². The van der Waals surface area contributed by atoms with Gasteiger partial charge in [-0.25, -0.2) is 0 Å². The SMILES string of the molecule is O=C(CN1CCN(C(=O)Cn2ccccc2=O)CC1)NCc1ccccc1. The molecule has 142 valence electrons. The molecule has 7 heteroatoms. The summed E-state index contributed by atoms with van der Waals surface area (Å²) >= 11 is 0. The second kappa shape index (κ2) is 9.14. The van der Waals surface area contributed by atoms with Crippen molar-refractivity contribution in [1.82, 2.24) is 19.7 Å². The number of nitrogens with zero attached hydrogens (tertiary/aromatic N) is 3. The largest absolute Gasteiger partial charge is 0.351 e. The third kappa shape index (κ3) is 5.52. The zero-order valence-electron chi connectivity index (χ0n) is 15.2. The summed E-state index contributed by atoms with van der Waals surface area (Å²) in [6.45, 7) is 3.31. The summed E-state index contributed by atoms with van der Waals surface area (Å²) < 4.78 is 1.41. The van der Waals surface area contributed by atoms with Gasteiger partial charge in [0, 0.05) is 45.0 Å². The number of carbonyl (C=O) groups is 2. The van der Waals surface area contributed by atoms with Gasteiger partial charge in [-0.05, 0) is 11.6 Å². The van der Waals surface area contributed by atoms with E-state index in [4.69, 9.17) is 0 Å². The fourth-order valence-corrected chi connectivity index (χ4v) is 3.05. The molecule has 1 aromatic carbocycles. The molecule has 3 rings (SSSR count). The monoisotopic (exact) mass is 368 g/mol. The average Bonchev–Trinajstić information content (AvgIpc) is 2.69. The fraction of sp³-hybridized carbons (Fsp3) is 0.350. The number of hydrogen-bond donors (Lipinski definition) is 1. The van der Waals surface area contributed by atoms with Gasteiger partial charge in [0.15, 0.2) is 0 Å². The van der Waals surface area contributed by atoms with Gasteiger partial charge in [0.25, 0.3) is 5.56 Å². The maximum absolute atomic E-state index is 12.4. The van der Waals surface area contributed by atoms with Crippen molar-refractivity contribution in [3.63, 3.8) is 0 Å². The Bertz CT molecular complexity index is 826. The van der Waals surface area contributed by atoms with Gasteiger partial charge in [-0.2, -0.15) is 0 Å². The topological polar surface area (TPSA) is 74.7 Å². The molecule has 27 heavy (non-hydrogen) atoms. The van der Waals surface area contributed by atoms with E-state index in [2.05, 4.69) is 5.32 Å². The van der Waals surface area contributed by atoms with Crippen molar-refractivity contribution in [3.05, 3.63) is 70.6 Å². The highest BCUT2D eigenvalue weighted by atomic mass is 16.2. The van der Waals surface area contributed by atoms with Crippen molar-refractivity contribution in [2.45, 2.75) is 13.1 Å². The molecule has 2 amide bonds. The first-order chi connectivity index (χ1) is 13.1. The highest BCUT2D eigenvalue weighted by Crippen LogP contribution is 2.03. The van der Waals surface area contributed by atoms with Crippen molar-refractivity contribution >= 4 is 11.8 Å². The van der Waals surface area contributed by atoms with Crippen LogP contribution in [0, 0.1) is 0 Å². The molecule has 0 atom stereocenters. The molecule has 0 bridgehead atoms. The minimum absolute atomic E-state index is 0.0190. The molecule has 2 heterocycles. The van der Waals surface area contributed by atoms with Gasteiger partial charge in [-0.15, -0.1) is 0 Å². The van der Waals surface area contributed by atoms with Crippen LogP contribution in [-0.2, 0) is 22.7 Å². The first kappa shape index (κ1) is 18.8. The van der Waals surface area contributed by atoms with Crippen LogP contribution in [0.15, 0.2) is 59.5 Å². The number of aromatic nitrogens is 1. The summed E-state index contributed by atoms with van der Waals surface area (Å²) in [7, 11) is 0. The van der Waals surface area contributed by atoms with E-state index in [-0.39, 0.29) is 23.9 Å². The van der Waals surface area contributed by atoms with E-state index in [0.717, 1.165) is 5.56 Å². The van der Waals surface area contributed by atoms with E-state index in [1.165, 1.54) is 10.6 Å². The predicted octanol–water partition coefficient (Wildman–Crippen LogP) is 0.309. The fourth-order valence-electron chi connectivity index (χ4n) is 3.05. The summed E-state index contributed by atoms with van der Waals surface area (Å²) in [5.41, 5.74) is 0.886. The molecule has 0 aliphatic carbocycles. The lowest BCUT2D eigenvalue weighted by Crippen LogP contribution is -2.52. The van der Waals surface area contributed by atoms with E-state index in [0.29, 0.717) is 39.3 Å². The van der Waals surface area contributed by atoms with E-state index in [1.807, 2.05) is 35.2 Å². The molecule has 7 nitrogen and oxygen atoms in total. The molecule has 2 aromatic rings. The molecule has 1 aromatic heterocycles. The van der Waals surface area contributed by atoms with Crippen LogP contribution in [0.4, 0.5) is 0 Å². The second-order valence-electron chi connectivity index (χ2n) is 6.59. The normalized spacial score (nSPS) is 14.7. The Labute approximate surface area is 158 Å². The highest BCUT2D eigenvalue weighted by Gasteiger charge is 2.22. The molecule has 1 saturated heterocycles. The third-order valence-corrected chi connectivity index (χ3v) is 4.63. The number of piperazine rings is 1. The Hall–Kier alpha value is -2.93. The van der Waals surface area contributed by atoms with Gasteiger partial charge < -0.3 is 14.8 Å². The summed E-state index contributed by atoms with van der Waals surface area (Å²) in [6.07, 6.45) is 1.62. The summed E-state index contributed by atoms with van der Waals surface area (Å²) in [5, 5.41) is 2.92. The van der Waals surface area contributed by atoms with E-state index in [1.54, 1.807) is 23.2 Å². The maximum atomic E-state index is 12.4. The van der Waals surface area contributed by atoms with Gasteiger partial charge in [-0.3, -0.25) is 19.3 Å². The number of rotatable bonds is 6. The van der Waals surface area contributed by atoms with Gasteiger partial charge >= 0.3 is 0 Å². The Balaban J connectivity index is 1.40. The molecule has 1 aliphatic rings. The van der Waals surface area contributed by atoms with Crippen molar-refractivity contribution in [2.24, 2.45) is 0 Å². The van der Waals surface area contributed by atoms with Crippen LogP contribution >= 0.6 is 0 Å². The average molecular weight is 368 g/mol. The summed E-state index contributed by atoms with van der Waals surface area (Å²) in [4.78, 5) is 40.0. The number of pyridine rings is 1. The summed E-state index contributed by atoms with van der Waals surface area (Å²) in [6, 6.07) is 14.6. The van der Waals surface area contributed by atoms with Crippen LogP contribution in [0.5, 0.6) is 0 Å². The van der Waals surface area contributed by atoms with Crippen LogP contribution in [0.1, 0.15) is 5.56 Å². The van der Waals surface area contributed by atoms with Crippen LogP contribution < -0.4 is 10.9 Å². The molecule has 0 saturated carbocycles. The molecular formula is C20H24N4O3. The molecular weight excluding hydrogens is 344 g/mol. The Kier molecular flexibility index (Phi) is 6.38. The van der Waals surface area contributed by atoms with Crippen molar-refractivity contribution < 1.29 is 9.59 Å². The quantitative estimate of drug-likeness (QED) is 0.796. The molecule has 0 radical (unpaired) electrons. The molecule has 1 N–H and O–H groups in total. The smallest absolute Gasteiger partial charge is 0.250 e. The third-order valence-electron chi connectivity index (χ3n) is 4.63. The predicted molar refractivity (Wildman–Crippen MR) is 102 cm³/mol. The Morgan fingerprint density at radius 2 is 1.59 bits per heavy atom. The van der Waals surface area contributed by atoms with E-state index in [9.17, 15) is 14.4 Å². The van der Waals surface area contributed by atoms with Crippen molar-refractivity contribution in [2.75, 3.05) is 32.7 Å². The molecule has 1 fully saturated rings. The van der Waals surface area contributed by atoms with Crippen LogP contribution in [-0.4, -0.2) is 58.9 Å². The molecule has 0 unspecified atom stereocenters. The molecule has 1 aliphatic heterocycles. The minimum atomic E-state index is -0.181. The van der Waals surface area contributed by atoms with Crippen molar-refractivity contribution in [3.8, 4) is 0 Å². The number of nitrogens with one attached hydrogen (secondary N) is 1. The Morgan fingerprint density at radius 1 is 0.889 bits per heavy atom. The lowest BCUT2D eigenvalue weighted by Gasteiger charge is -2.34. The van der Waals surface area contributed by atoms with Gasteiger partial charge in [0.1, 0.15) is 6.54 Å². The van der Waals surface area contributed by atoms with Crippen molar-refractivity contribution in [1.29, 1.82) is 0 Å². The lowest BCUT2D eigenvalue weighted by atomic mass is 10.2. The first-order valence-electron chi connectivity index (χ1n) is 9.08. The van der Waals surface area contributed by atoms with Gasteiger partial charge in [-0.1, -0.05) is 36.4 Å². The summed E-state index contributed by atoms with van der Waals surface area (Å²) in [5.74, 6) is -0.0917. The number of carbonyl (C=O) groups excluding carboxylic acids is 2. The minimum Gasteiger partial charge on any atom is -0.351 e. The second-order valence-corrected chi connectivity index (χ2v) is 6.59. The zero-order valence-corrected chi connectivity index (χ0v) is 15.2. The first-order valence-corrected chi connectivity index (χ1v) is 9.08. The highest BCUT2D eigenvalue weighted by molar-refractivity contribution is 5.78. The number of amides is 2. The maximum Gasteiger partial charge on any atom is 0.250 e. The van der Waals surface area contributed by atoms with E-state index < -0.39 is 0 Å².